The first kappa shape index (κ1) is 29.1. The highest BCUT2D eigenvalue weighted by molar-refractivity contribution is 5.81. The number of carbonyl (C=O) groups is 2. The third-order valence-electron chi connectivity index (χ3n) is 14.1. The third kappa shape index (κ3) is 4.08. The van der Waals surface area contributed by atoms with Crippen LogP contribution in [0.1, 0.15) is 106 Å². The zero-order chi connectivity index (χ0) is 28.4. The highest BCUT2D eigenvalue weighted by Gasteiger charge is 2.70. The van der Waals surface area contributed by atoms with Crippen molar-refractivity contribution in [1.82, 2.24) is 4.90 Å². The lowest BCUT2D eigenvalue weighted by Crippen LogP contribution is -2.69. The number of aldehydes is 1. The Hall–Kier alpha value is -1.42. The molecule has 0 bridgehead atoms. The first-order valence-corrected chi connectivity index (χ1v) is 16.0. The third-order valence-corrected chi connectivity index (χ3v) is 14.1. The summed E-state index contributed by atoms with van der Waals surface area (Å²) in [6, 6.07) is 0. The molecule has 4 nitrogen and oxygen atoms in total. The number of likely N-dealkylation sites (tertiary alicyclic amines) is 1. The molecule has 4 saturated carbocycles. The van der Waals surface area contributed by atoms with Crippen molar-refractivity contribution in [3.63, 3.8) is 0 Å². The van der Waals surface area contributed by atoms with Crippen molar-refractivity contribution in [1.29, 1.82) is 0 Å². The average Bonchev–Trinajstić information content (AvgIpc) is 3.26. The van der Waals surface area contributed by atoms with Crippen LogP contribution in [0.5, 0.6) is 0 Å². The van der Waals surface area contributed by atoms with Crippen LogP contribution in [-0.2, 0) is 14.3 Å². The number of allylic oxidation sites excluding steroid dienone is 1. The van der Waals surface area contributed by atoms with Crippen molar-refractivity contribution < 1.29 is 14.3 Å². The summed E-state index contributed by atoms with van der Waals surface area (Å²) in [5.74, 6) is 2.74. The monoisotopic (exact) mass is 537 g/mol. The molecule has 1 saturated heterocycles. The molecule has 218 valence electrons. The lowest BCUT2D eigenvalue weighted by atomic mass is 9.33. The van der Waals surface area contributed by atoms with Gasteiger partial charge in [0.05, 0.1) is 6.61 Å². The smallest absolute Gasteiger partial charge is 0.330 e. The van der Waals surface area contributed by atoms with E-state index in [9.17, 15) is 9.59 Å². The number of rotatable bonds is 6. The molecule has 0 aromatic carbocycles. The number of esters is 1. The van der Waals surface area contributed by atoms with Gasteiger partial charge < -0.3 is 9.53 Å². The molecule has 1 heterocycles. The molecule has 0 amide bonds. The van der Waals surface area contributed by atoms with Crippen LogP contribution >= 0.6 is 0 Å². The van der Waals surface area contributed by atoms with E-state index in [1.54, 1.807) is 6.08 Å². The second-order valence-corrected chi connectivity index (χ2v) is 15.5. The second-order valence-electron chi connectivity index (χ2n) is 15.5. The van der Waals surface area contributed by atoms with E-state index in [1.807, 2.05) is 13.0 Å². The van der Waals surface area contributed by atoms with Crippen LogP contribution in [0, 0.1) is 51.2 Å². The molecule has 5 fully saturated rings. The molecule has 0 spiro atoms. The molecule has 0 aromatic heterocycles. The predicted molar refractivity (Wildman–Crippen MR) is 158 cm³/mol. The van der Waals surface area contributed by atoms with Crippen LogP contribution in [0.2, 0.25) is 0 Å². The van der Waals surface area contributed by atoms with Crippen LogP contribution < -0.4 is 0 Å². The summed E-state index contributed by atoms with van der Waals surface area (Å²) in [5.41, 5.74) is 2.18. The molecule has 4 aliphatic carbocycles. The van der Waals surface area contributed by atoms with Crippen LogP contribution in [0.25, 0.3) is 0 Å². The van der Waals surface area contributed by atoms with E-state index in [4.69, 9.17) is 4.74 Å². The van der Waals surface area contributed by atoms with Gasteiger partial charge in [-0.3, -0.25) is 4.90 Å². The quantitative estimate of drug-likeness (QED) is 0.151. The van der Waals surface area contributed by atoms with Crippen LogP contribution in [-0.4, -0.2) is 42.4 Å². The van der Waals surface area contributed by atoms with Crippen molar-refractivity contribution in [3.05, 3.63) is 24.3 Å². The zero-order valence-electron chi connectivity index (χ0n) is 26.0. The summed E-state index contributed by atoms with van der Waals surface area (Å²) in [7, 11) is 0. The van der Waals surface area contributed by atoms with Crippen molar-refractivity contribution in [2.75, 3.05) is 19.7 Å². The van der Waals surface area contributed by atoms with Gasteiger partial charge in [-0.2, -0.15) is 0 Å². The molecule has 0 unspecified atom stereocenters. The first-order valence-electron chi connectivity index (χ1n) is 16.0. The van der Waals surface area contributed by atoms with Gasteiger partial charge in [0.15, 0.2) is 0 Å². The van der Waals surface area contributed by atoms with Crippen LogP contribution in [0.15, 0.2) is 24.3 Å². The number of nitrogens with zero attached hydrogens (tertiary/aromatic N) is 1. The number of ether oxygens (including phenoxy) is 1. The van der Waals surface area contributed by atoms with E-state index < -0.39 is 0 Å². The highest BCUT2D eigenvalue weighted by Crippen LogP contribution is 2.76. The van der Waals surface area contributed by atoms with Gasteiger partial charge in [-0.1, -0.05) is 39.0 Å². The summed E-state index contributed by atoms with van der Waals surface area (Å²) >= 11 is 0. The molecule has 4 heteroatoms. The normalized spacial score (nSPS) is 47.0. The Labute approximate surface area is 238 Å². The summed E-state index contributed by atoms with van der Waals surface area (Å²) in [4.78, 5) is 27.2. The maximum atomic E-state index is 12.7. The van der Waals surface area contributed by atoms with Crippen LogP contribution in [0.4, 0.5) is 0 Å². The maximum Gasteiger partial charge on any atom is 0.330 e. The summed E-state index contributed by atoms with van der Waals surface area (Å²) < 4.78 is 5.10. The second kappa shape index (κ2) is 9.85. The molecule has 0 radical (unpaired) electrons. The maximum absolute atomic E-state index is 12.7. The first-order chi connectivity index (χ1) is 18.3. The minimum absolute atomic E-state index is 0.0841. The van der Waals surface area contributed by atoms with Gasteiger partial charge in [0.25, 0.3) is 0 Å². The number of fused-ring (bicyclic) bond motifs is 7. The Morgan fingerprint density at radius 2 is 1.69 bits per heavy atom. The zero-order valence-corrected chi connectivity index (χ0v) is 26.0. The standard InChI is InChI=1S/C35H55NO3/c1-9-39-29(38)11-10-21-36-22-20-32(6)27(31(36,4)5)15-16-34(8)28(32)13-12-26-30-25(24(2)3)14-17-35(30,23-37)19-18-33(26,34)7/h10-11,23,25-28,30H,2,9,12-22H2,1,3-8H3/b11-10+/t25-,26+,27-,28+,30+,32-,33+,34+,35+/m0/s1. The van der Waals surface area contributed by atoms with Gasteiger partial charge in [-0.05, 0) is 138 Å². The fourth-order valence-electron chi connectivity index (χ4n) is 12.0. The lowest BCUT2D eigenvalue weighted by molar-refractivity contribution is -0.239. The summed E-state index contributed by atoms with van der Waals surface area (Å²) in [6.07, 6.45) is 15.9. The molecule has 39 heavy (non-hydrogen) atoms. The molecule has 9 atom stereocenters. The molecule has 0 aromatic rings. The van der Waals surface area contributed by atoms with E-state index in [-0.39, 0.29) is 22.3 Å². The van der Waals surface area contributed by atoms with Crippen molar-refractivity contribution >= 4 is 12.3 Å². The Morgan fingerprint density at radius 1 is 0.949 bits per heavy atom. The van der Waals surface area contributed by atoms with Gasteiger partial charge in [-0.15, -0.1) is 0 Å². The summed E-state index contributed by atoms with van der Waals surface area (Å²) in [6.45, 7) is 23.7. The molecule has 5 aliphatic rings. The van der Waals surface area contributed by atoms with Gasteiger partial charge in [0.1, 0.15) is 6.29 Å². The number of piperidine rings is 1. The fraction of sp³-hybridized carbons (Fsp3) is 0.829. The SMILES string of the molecule is C=C(C)[C@@H]1CC[C@]2(C=O)CC[C@]3(C)[C@H](CC[C@@H]4[C@@]5(C)CCN(C/C=C/C(=O)OCC)C(C)(C)[C@@H]5CC[C@]43C)[C@@H]12. The highest BCUT2D eigenvalue weighted by atomic mass is 16.5. The van der Waals surface area contributed by atoms with E-state index in [0.29, 0.717) is 41.1 Å². The van der Waals surface area contributed by atoms with E-state index in [1.165, 1.54) is 50.4 Å². The van der Waals surface area contributed by atoms with Crippen molar-refractivity contribution in [2.45, 2.75) is 112 Å². The van der Waals surface area contributed by atoms with E-state index in [0.717, 1.165) is 38.3 Å². The lowest BCUT2D eigenvalue weighted by Gasteiger charge is -2.73. The Bertz CT molecular complexity index is 1030. The van der Waals surface area contributed by atoms with Gasteiger partial charge in [0, 0.05) is 23.6 Å². The van der Waals surface area contributed by atoms with Crippen molar-refractivity contribution in [2.24, 2.45) is 51.2 Å². The number of hydrogen-bond donors (Lipinski definition) is 0. The predicted octanol–water partition coefficient (Wildman–Crippen LogP) is 7.63. The van der Waals surface area contributed by atoms with Gasteiger partial charge >= 0.3 is 5.97 Å². The Kier molecular flexibility index (Phi) is 7.34. The number of carbonyl (C=O) groups excluding carboxylic acids is 2. The van der Waals surface area contributed by atoms with Crippen molar-refractivity contribution in [3.8, 4) is 0 Å². The largest absolute Gasteiger partial charge is 0.463 e. The molecule has 1 aliphatic heterocycles. The Morgan fingerprint density at radius 3 is 2.36 bits per heavy atom. The summed E-state index contributed by atoms with van der Waals surface area (Å²) in [5, 5.41) is 0. The Balaban J connectivity index is 1.42. The number of hydrogen-bond acceptors (Lipinski definition) is 4. The van der Waals surface area contributed by atoms with E-state index in [2.05, 4.69) is 53.0 Å². The fourth-order valence-corrected chi connectivity index (χ4v) is 12.0. The topological polar surface area (TPSA) is 46.6 Å². The molecular formula is C35H55NO3. The minimum Gasteiger partial charge on any atom is -0.463 e. The van der Waals surface area contributed by atoms with E-state index >= 15 is 0 Å². The molecule has 0 N–H and O–H groups in total. The minimum atomic E-state index is -0.238. The molecular weight excluding hydrogens is 482 g/mol. The van der Waals surface area contributed by atoms with Crippen LogP contribution in [0.3, 0.4) is 0 Å². The average molecular weight is 538 g/mol. The van der Waals surface area contributed by atoms with Gasteiger partial charge in [-0.25, -0.2) is 4.79 Å². The molecule has 5 rings (SSSR count). The van der Waals surface area contributed by atoms with Gasteiger partial charge in [0.2, 0.25) is 0 Å².